The monoisotopic (exact) mass is 203 g/mol. The highest BCUT2D eigenvalue weighted by Crippen LogP contribution is 2.39. The molecule has 0 aromatic heterocycles. The molecule has 1 fully saturated rings. The maximum atomic E-state index is 13.7. The van der Waals surface area contributed by atoms with Crippen LogP contribution in [0.4, 0.5) is 4.39 Å². The third kappa shape index (κ3) is 1.74. The van der Waals surface area contributed by atoms with Gasteiger partial charge in [-0.25, -0.2) is 4.39 Å². The van der Waals surface area contributed by atoms with Gasteiger partial charge in [0.1, 0.15) is 5.82 Å². The van der Waals surface area contributed by atoms with Crippen LogP contribution in [0, 0.1) is 17.1 Å². The second kappa shape index (κ2) is 4.02. The zero-order valence-electron chi connectivity index (χ0n) is 8.67. The summed E-state index contributed by atoms with van der Waals surface area (Å²) in [5.41, 5.74) is 0.0241. The quantitative estimate of drug-likeness (QED) is 0.684. The highest BCUT2D eigenvalue weighted by atomic mass is 19.1. The third-order valence-corrected chi connectivity index (χ3v) is 3.31. The highest BCUT2D eigenvalue weighted by molar-refractivity contribution is 5.34. The van der Waals surface area contributed by atoms with E-state index in [0.29, 0.717) is 5.56 Å². The predicted molar refractivity (Wildman–Crippen MR) is 56.8 cm³/mol. The molecule has 1 aromatic rings. The second-order valence-electron chi connectivity index (χ2n) is 4.23. The number of nitriles is 1. The van der Waals surface area contributed by atoms with E-state index in [0.717, 1.165) is 32.1 Å². The van der Waals surface area contributed by atoms with Crippen LogP contribution in [0.1, 0.15) is 37.7 Å². The average molecular weight is 203 g/mol. The highest BCUT2D eigenvalue weighted by Gasteiger charge is 2.35. The van der Waals surface area contributed by atoms with E-state index in [1.807, 2.05) is 6.07 Å². The Morgan fingerprint density at radius 2 is 1.80 bits per heavy atom. The van der Waals surface area contributed by atoms with Crippen LogP contribution < -0.4 is 0 Å². The minimum absolute atomic E-state index is 0.235. The van der Waals surface area contributed by atoms with Gasteiger partial charge in [-0.3, -0.25) is 0 Å². The zero-order chi connectivity index (χ0) is 10.7. The molecule has 0 amide bonds. The van der Waals surface area contributed by atoms with E-state index in [1.165, 1.54) is 6.07 Å². The molecule has 0 bridgehead atoms. The Hall–Kier alpha value is -1.36. The van der Waals surface area contributed by atoms with Gasteiger partial charge < -0.3 is 0 Å². The van der Waals surface area contributed by atoms with Crippen molar-refractivity contribution in [2.24, 2.45) is 0 Å². The number of nitrogens with zero attached hydrogens (tertiary/aromatic N) is 1. The fraction of sp³-hybridized carbons (Fsp3) is 0.462. The van der Waals surface area contributed by atoms with Crippen molar-refractivity contribution in [1.82, 2.24) is 0 Å². The van der Waals surface area contributed by atoms with Crippen molar-refractivity contribution in [3.8, 4) is 6.07 Å². The van der Waals surface area contributed by atoms with Crippen LogP contribution in [0.25, 0.3) is 0 Å². The lowest BCUT2D eigenvalue weighted by Crippen LogP contribution is -2.28. The first-order chi connectivity index (χ1) is 7.28. The first kappa shape index (κ1) is 10.2. The van der Waals surface area contributed by atoms with Crippen molar-refractivity contribution < 1.29 is 4.39 Å². The second-order valence-corrected chi connectivity index (χ2v) is 4.23. The molecule has 78 valence electrons. The van der Waals surface area contributed by atoms with Crippen molar-refractivity contribution in [2.75, 3.05) is 0 Å². The van der Waals surface area contributed by atoms with Gasteiger partial charge in [0.15, 0.2) is 0 Å². The van der Waals surface area contributed by atoms with Crippen molar-refractivity contribution in [3.63, 3.8) is 0 Å². The van der Waals surface area contributed by atoms with Crippen molar-refractivity contribution >= 4 is 0 Å². The Morgan fingerprint density at radius 1 is 1.13 bits per heavy atom. The summed E-state index contributed by atoms with van der Waals surface area (Å²) in [6, 6.07) is 9.02. The van der Waals surface area contributed by atoms with E-state index in [1.54, 1.807) is 12.1 Å². The summed E-state index contributed by atoms with van der Waals surface area (Å²) in [4.78, 5) is 0. The summed E-state index contributed by atoms with van der Waals surface area (Å²) in [6.07, 6.45) is 4.82. The molecule has 0 atom stereocenters. The molecule has 0 saturated heterocycles. The van der Waals surface area contributed by atoms with Crippen molar-refractivity contribution in [1.29, 1.82) is 5.26 Å². The van der Waals surface area contributed by atoms with Gasteiger partial charge in [-0.1, -0.05) is 37.5 Å². The van der Waals surface area contributed by atoms with Gasteiger partial charge in [0, 0.05) is 5.56 Å². The third-order valence-electron chi connectivity index (χ3n) is 3.31. The van der Waals surface area contributed by atoms with Gasteiger partial charge in [0.2, 0.25) is 0 Å². The Balaban J connectivity index is 2.42. The summed E-state index contributed by atoms with van der Waals surface area (Å²) in [5, 5.41) is 9.30. The average Bonchev–Trinajstić information content (AvgIpc) is 2.30. The molecule has 1 aliphatic rings. The number of benzene rings is 1. The van der Waals surface area contributed by atoms with Crippen molar-refractivity contribution in [3.05, 3.63) is 35.6 Å². The van der Waals surface area contributed by atoms with Gasteiger partial charge in [-0.15, -0.1) is 0 Å². The molecule has 1 aliphatic carbocycles. The minimum atomic E-state index is -0.566. The predicted octanol–water partition coefficient (Wildman–Crippen LogP) is 3.55. The largest absolute Gasteiger partial charge is 0.207 e. The number of hydrogen-bond donors (Lipinski definition) is 0. The van der Waals surface area contributed by atoms with Gasteiger partial charge in [-0.05, 0) is 18.9 Å². The van der Waals surface area contributed by atoms with Gasteiger partial charge >= 0.3 is 0 Å². The summed E-state index contributed by atoms with van der Waals surface area (Å²) in [5.74, 6) is -0.235. The molecule has 1 saturated carbocycles. The molecule has 2 rings (SSSR count). The molecule has 1 aromatic carbocycles. The molecule has 2 heteroatoms. The van der Waals surface area contributed by atoms with Crippen LogP contribution in [0.5, 0.6) is 0 Å². The molecule has 0 aliphatic heterocycles. The van der Waals surface area contributed by atoms with Crippen LogP contribution >= 0.6 is 0 Å². The van der Waals surface area contributed by atoms with Crippen molar-refractivity contribution in [2.45, 2.75) is 37.5 Å². The lowest BCUT2D eigenvalue weighted by Gasteiger charge is -2.31. The lowest BCUT2D eigenvalue weighted by atomic mass is 9.70. The van der Waals surface area contributed by atoms with Gasteiger partial charge in [0.25, 0.3) is 0 Å². The molecular formula is C13H14FN. The first-order valence-corrected chi connectivity index (χ1v) is 5.45. The summed E-state index contributed by atoms with van der Waals surface area (Å²) < 4.78 is 13.7. The normalized spacial score (nSPS) is 19.5. The Labute approximate surface area is 89.5 Å². The van der Waals surface area contributed by atoms with Crippen LogP contribution in [0.2, 0.25) is 0 Å². The molecule has 1 nitrogen and oxygen atoms in total. The Kier molecular flexibility index (Phi) is 2.73. The topological polar surface area (TPSA) is 23.8 Å². The van der Waals surface area contributed by atoms with E-state index < -0.39 is 5.41 Å². The van der Waals surface area contributed by atoms with E-state index in [9.17, 15) is 9.65 Å². The van der Waals surface area contributed by atoms with E-state index >= 15 is 0 Å². The number of hydrogen-bond acceptors (Lipinski definition) is 1. The summed E-state index contributed by atoms with van der Waals surface area (Å²) in [7, 11) is 0. The van der Waals surface area contributed by atoms with Gasteiger partial charge in [-0.2, -0.15) is 5.26 Å². The molecule has 0 N–H and O–H groups in total. The maximum Gasteiger partial charge on any atom is 0.128 e. The summed E-state index contributed by atoms with van der Waals surface area (Å²) in [6.45, 7) is 0. The fourth-order valence-corrected chi connectivity index (χ4v) is 2.45. The Morgan fingerprint density at radius 3 is 2.40 bits per heavy atom. The molecular weight excluding hydrogens is 189 g/mol. The number of rotatable bonds is 1. The molecule has 0 spiro atoms. The van der Waals surface area contributed by atoms with Crippen LogP contribution in [0.3, 0.4) is 0 Å². The van der Waals surface area contributed by atoms with Crippen LogP contribution in [-0.2, 0) is 5.41 Å². The smallest absolute Gasteiger partial charge is 0.128 e. The SMILES string of the molecule is N#CC1(c2ccccc2F)CCCCC1. The fourth-order valence-electron chi connectivity index (χ4n) is 2.45. The molecule has 0 unspecified atom stereocenters. The molecule has 15 heavy (non-hydrogen) atoms. The minimum Gasteiger partial charge on any atom is -0.207 e. The van der Waals surface area contributed by atoms with E-state index in [2.05, 4.69) is 6.07 Å². The van der Waals surface area contributed by atoms with Crippen LogP contribution in [-0.4, -0.2) is 0 Å². The zero-order valence-corrected chi connectivity index (χ0v) is 8.67. The summed E-state index contributed by atoms with van der Waals surface area (Å²) >= 11 is 0. The Bertz CT molecular complexity index is 386. The lowest BCUT2D eigenvalue weighted by molar-refractivity contribution is 0.354. The van der Waals surface area contributed by atoms with E-state index in [4.69, 9.17) is 0 Å². The van der Waals surface area contributed by atoms with Crippen LogP contribution in [0.15, 0.2) is 24.3 Å². The molecule has 0 radical (unpaired) electrons. The number of halogens is 1. The maximum absolute atomic E-state index is 13.7. The first-order valence-electron chi connectivity index (χ1n) is 5.45. The van der Waals surface area contributed by atoms with E-state index in [-0.39, 0.29) is 5.82 Å². The molecule has 0 heterocycles. The standard InChI is InChI=1S/C13H14FN/c14-12-7-3-2-6-11(12)13(10-15)8-4-1-5-9-13/h2-3,6-7H,1,4-5,8-9H2. The van der Waals surface area contributed by atoms with Gasteiger partial charge in [0.05, 0.1) is 11.5 Å².